The molecule has 0 aliphatic rings. The van der Waals surface area contributed by atoms with Gasteiger partial charge in [-0.25, -0.2) is 0 Å². The molecule has 1 rings (SSSR count). The molecule has 0 saturated carbocycles. The van der Waals surface area contributed by atoms with Gasteiger partial charge in [-0.15, -0.1) is 12.6 Å². The van der Waals surface area contributed by atoms with Crippen molar-refractivity contribution in [2.24, 2.45) is 5.92 Å². The fraction of sp³-hybridized carbons (Fsp3) is 0.385. The predicted octanol–water partition coefficient (Wildman–Crippen LogP) is 3.36. The van der Waals surface area contributed by atoms with Crippen LogP contribution < -0.4 is 0 Å². The average Bonchev–Trinajstić information content (AvgIpc) is 2.37. The van der Waals surface area contributed by atoms with Crippen molar-refractivity contribution in [2.45, 2.75) is 18.7 Å². The Bertz CT molecular complexity index is 484. The van der Waals surface area contributed by atoms with E-state index >= 15 is 0 Å². The molecule has 5 heteroatoms. The lowest BCUT2D eigenvalue weighted by Crippen LogP contribution is -2.34. The number of thiol groups is 1. The van der Waals surface area contributed by atoms with Crippen LogP contribution in [0.5, 0.6) is 0 Å². The standard InChI is InChI=1S/C13H15BrN2OS/c1-3-16(8-9(2)7-15)13(17)11-6-10(18)4-5-12(11)14/h4-6,9,18H,3,8H2,1-2H3. The zero-order valence-corrected chi connectivity index (χ0v) is 12.8. The number of nitrogens with zero attached hydrogens (tertiary/aromatic N) is 2. The highest BCUT2D eigenvalue weighted by Crippen LogP contribution is 2.22. The summed E-state index contributed by atoms with van der Waals surface area (Å²) in [6.07, 6.45) is 0. The highest BCUT2D eigenvalue weighted by atomic mass is 79.9. The molecular formula is C13H15BrN2OS. The Kier molecular flexibility index (Phi) is 5.70. The minimum atomic E-state index is -0.174. The third kappa shape index (κ3) is 3.76. The maximum Gasteiger partial charge on any atom is 0.255 e. The fourth-order valence-electron chi connectivity index (χ4n) is 1.57. The largest absolute Gasteiger partial charge is 0.338 e. The van der Waals surface area contributed by atoms with E-state index < -0.39 is 0 Å². The van der Waals surface area contributed by atoms with Crippen molar-refractivity contribution in [2.75, 3.05) is 13.1 Å². The average molecular weight is 327 g/mol. The van der Waals surface area contributed by atoms with Crippen LogP contribution in [0.2, 0.25) is 0 Å². The van der Waals surface area contributed by atoms with Crippen LogP contribution in [0.4, 0.5) is 0 Å². The van der Waals surface area contributed by atoms with Gasteiger partial charge in [0.15, 0.2) is 0 Å². The molecule has 18 heavy (non-hydrogen) atoms. The van der Waals surface area contributed by atoms with E-state index in [0.717, 1.165) is 9.37 Å². The van der Waals surface area contributed by atoms with Crippen molar-refractivity contribution in [1.82, 2.24) is 4.90 Å². The lowest BCUT2D eigenvalue weighted by Gasteiger charge is -2.22. The van der Waals surface area contributed by atoms with Crippen molar-refractivity contribution in [3.63, 3.8) is 0 Å². The molecule has 0 aromatic heterocycles. The summed E-state index contributed by atoms with van der Waals surface area (Å²) in [5.74, 6) is -0.255. The summed E-state index contributed by atoms with van der Waals surface area (Å²) in [7, 11) is 0. The number of halogens is 1. The minimum Gasteiger partial charge on any atom is -0.338 e. The molecule has 0 spiro atoms. The Labute approximate surface area is 121 Å². The number of hydrogen-bond donors (Lipinski definition) is 1. The first-order valence-electron chi connectivity index (χ1n) is 5.67. The summed E-state index contributed by atoms with van der Waals surface area (Å²) in [4.78, 5) is 14.8. The van der Waals surface area contributed by atoms with Crippen LogP contribution in [-0.2, 0) is 0 Å². The molecule has 1 aromatic carbocycles. The molecule has 0 bridgehead atoms. The van der Waals surface area contributed by atoms with Crippen LogP contribution in [0.1, 0.15) is 24.2 Å². The van der Waals surface area contributed by atoms with Gasteiger partial charge in [0.25, 0.3) is 5.91 Å². The van der Waals surface area contributed by atoms with E-state index in [-0.39, 0.29) is 11.8 Å². The Hall–Kier alpha value is -0.990. The Morgan fingerprint density at radius 3 is 2.83 bits per heavy atom. The third-order valence-electron chi connectivity index (χ3n) is 2.56. The van der Waals surface area contributed by atoms with E-state index in [0.29, 0.717) is 18.7 Å². The molecule has 0 radical (unpaired) electrons. The van der Waals surface area contributed by atoms with Crippen LogP contribution in [-0.4, -0.2) is 23.9 Å². The second-order valence-corrected chi connectivity index (χ2v) is 5.41. The lowest BCUT2D eigenvalue weighted by molar-refractivity contribution is 0.0751. The van der Waals surface area contributed by atoms with Crippen molar-refractivity contribution in [3.05, 3.63) is 28.2 Å². The molecule has 0 N–H and O–H groups in total. The van der Waals surface area contributed by atoms with Gasteiger partial charge >= 0.3 is 0 Å². The van der Waals surface area contributed by atoms with Gasteiger partial charge in [0.2, 0.25) is 0 Å². The van der Waals surface area contributed by atoms with E-state index in [1.165, 1.54) is 0 Å². The Balaban J connectivity index is 2.97. The lowest BCUT2D eigenvalue weighted by atomic mass is 10.1. The summed E-state index contributed by atoms with van der Waals surface area (Å²) >= 11 is 7.60. The van der Waals surface area contributed by atoms with E-state index in [1.54, 1.807) is 24.0 Å². The molecule has 0 aliphatic heterocycles. The van der Waals surface area contributed by atoms with Gasteiger partial charge in [0, 0.05) is 22.5 Å². The molecule has 1 amide bonds. The van der Waals surface area contributed by atoms with E-state index in [2.05, 4.69) is 34.6 Å². The van der Waals surface area contributed by atoms with Crippen molar-refractivity contribution in [1.29, 1.82) is 5.26 Å². The van der Waals surface area contributed by atoms with E-state index in [4.69, 9.17) is 5.26 Å². The quantitative estimate of drug-likeness (QED) is 0.862. The van der Waals surface area contributed by atoms with Gasteiger partial charge in [0.1, 0.15) is 0 Å². The molecule has 0 heterocycles. The maximum absolute atomic E-state index is 12.4. The third-order valence-corrected chi connectivity index (χ3v) is 3.53. The van der Waals surface area contributed by atoms with Crippen molar-refractivity contribution in [3.8, 4) is 6.07 Å². The predicted molar refractivity (Wildman–Crippen MR) is 77.7 cm³/mol. The second kappa shape index (κ2) is 6.81. The highest BCUT2D eigenvalue weighted by Gasteiger charge is 2.18. The van der Waals surface area contributed by atoms with Gasteiger partial charge in [-0.1, -0.05) is 0 Å². The van der Waals surface area contributed by atoms with Crippen LogP contribution in [0.3, 0.4) is 0 Å². The molecule has 1 unspecified atom stereocenters. The molecule has 3 nitrogen and oxygen atoms in total. The monoisotopic (exact) mass is 326 g/mol. The molecule has 0 saturated heterocycles. The van der Waals surface area contributed by atoms with Gasteiger partial charge in [-0.05, 0) is 48.0 Å². The topological polar surface area (TPSA) is 44.1 Å². The summed E-state index contributed by atoms with van der Waals surface area (Å²) in [5.41, 5.74) is 0.578. The molecule has 1 aromatic rings. The summed E-state index contributed by atoms with van der Waals surface area (Å²) in [6, 6.07) is 7.49. The van der Waals surface area contributed by atoms with Crippen molar-refractivity contribution < 1.29 is 4.79 Å². The van der Waals surface area contributed by atoms with Crippen LogP contribution >= 0.6 is 28.6 Å². The van der Waals surface area contributed by atoms with Gasteiger partial charge < -0.3 is 4.90 Å². The number of benzene rings is 1. The highest BCUT2D eigenvalue weighted by molar-refractivity contribution is 9.10. The zero-order valence-electron chi connectivity index (χ0n) is 10.4. The number of carbonyl (C=O) groups excluding carboxylic acids is 1. The number of carbonyl (C=O) groups is 1. The van der Waals surface area contributed by atoms with Crippen LogP contribution in [0, 0.1) is 17.2 Å². The summed E-state index contributed by atoms with van der Waals surface area (Å²) < 4.78 is 0.744. The molecule has 0 aliphatic carbocycles. The Morgan fingerprint density at radius 1 is 1.61 bits per heavy atom. The fourth-order valence-corrected chi connectivity index (χ4v) is 2.19. The molecule has 0 fully saturated rings. The molecule has 96 valence electrons. The SMILES string of the molecule is CCN(CC(C)C#N)C(=O)c1cc(S)ccc1Br. The first-order valence-corrected chi connectivity index (χ1v) is 6.91. The van der Waals surface area contributed by atoms with Gasteiger partial charge in [0.05, 0.1) is 17.6 Å². The number of rotatable bonds is 4. The first kappa shape index (κ1) is 15.1. The Morgan fingerprint density at radius 2 is 2.28 bits per heavy atom. The molecular weight excluding hydrogens is 312 g/mol. The summed E-state index contributed by atoms with van der Waals surface area (Å²) in [6.45, 7) is 4.73. The number of hydrogen-bond acceptors (Lipinski definition) is 3. The van der Waals surface area contributed by atoms with Crippen LogP contribution in [0.25, 0.3) is 0 Å². The smallest absolute Gasteiger partial charge is 0.255 e. The summed E-state index contributed by atoms with van der Waals surface area (Å²) in [5, 5.41) is 8.82. The number of amides is 1. The molecule has 1 atom stereocenters. The second-order valence-electron chi connectivity index (χ2n) is 4.04. The zero-order chi connectivity index (χ0) is 13.7. The van der Waals surface area contributed by atoms with Crippen molar-refractivity contribution >= 4 is 34.5 Å². The number of nitriles is 1. The normalized spacial score (nSPS) is 11.7. The van der Waals surface area contributed by atoms with E-state index in [1.807, 2.05) is 13.0 Å². The van der Waals surface area contributed by atoms with E-state index in [9.17, 15) is 4.79 Å². The van der Waals surface area contributed by atoms with Gasteiger partial charge in [-0.3, -0.25) is 4.79 Å². The van der Waals surface area contributed by atoms with Crippen LogP contribution in [0.15, 0.2) is 27.6 Å². The van der Waals surface area contributed by atoms with Gasteiger partial charge in [-0.2, -0.15) is 5.26 Å². The first-order chi connectivity index (χ1) is 8.49. The maximum atomic E-state index is 12.4. The minimum absolute atomic E-state index is 0.0811.